The van der Waals surface area contributed by atoms with Crippen LogP contribution in [0.4, 0.5) is 0 Å². The molecule has 0 aromatic heterocycles. The highest BCUT2D eigenvalue weighted by atomic mass is 16.4. The van der Waals surface area contributed by atoms with Crippen LogP contribution < -0.4 is 5.32 Å². The number of nitrogens with one attached hydrogen (secondary N) is 1. The fraction of sp³-hybridized carbons (Fsp3) is 0.562. The lowest BCUT2D eigenvalue weighted by Crippen LogP contribution is -2.49. The first-order valence-corrected chi connectivity index (χ1v) is 7.34. The number of carboxylic acid groups (broad SMARTS) is 1. The summed E-state index contributed by atoms with van der Waals surface area (Å²) >= 11 is 0. The van der Waals surface area contributed by atoms with E-state index >= 15 is 0 Å². The van der Waals surface area contributed by atoms with E-state index in [2.05, 4.69) is 10.2 Å². The standard InChI is InChI=1S/C16H24N2O3/c1-16(2,11-19)14(18-9-7-17-8-10-18)12-3-5-13(6-4-12)15(20)21/h3-6,14,17,19H,7-11H2,1-2H3,(H,20,21)/t14-/m1/s1. The van der Waals surface area contributed by atoms with E-state index in [0.29, 0.717) is 5.56 Å². The van der Waals surface area contributed by atoms with Gasteiger partial charge in [-0.05, 0) is 17.7 Å². The molecule has 1 aliphatic rings. The number of benzene rings is 1. The van der Waals surface area contributed by atoms with E-state index in [1.807, 2.05) is 26.0 Å². The molecular weight excluding hydrogens is 268 g/mol. The van der Waals surface area contributed by atoms with E-state index in [4.69, 9.17) is 5.11 Å². The Kier molecular flexibility index (Phi) is 4.98. The molecule has 0 aliphatic carbocycles. The number of hydrogen-bond acceptors (Lipinski definition) is 4. The predicted octanol–water partition coefficient (Wildman–Crippen LogP) is 1.35. The topological polar surface area (TPSA) is 72.8 Å². The highest BCUT2D eigenvalue weighted by Gasteiger charge is 2.35. The molecule has 116 valence electrons. The Morgan fingerprint density at radius 1 is 1.29 bits per heavy atom. The summed E-state index contributed by atoms with van der Waals surface area (Å²) in [5.74, 6) is -0.915. The fourth-order valence-electron chi connectivity index (χ4n) is 2.99. The minimum atomic E-state index is -0.915. The van der Waals surface area contributed by atoms with Gasteiger partial charge in [0.05, 0.1) is 5.56 Å². The van der Waals surface area contributed by atoms with Crippen molar-refractivity contribution in [3.8, 4) is 0 Å². The minimum Gasteiger partial charge on any atom is -0.478 e. The summed E-state index contributed by atoms with van der Waals surface area (Å²) < 4.78 is 0. The Labute approximate surface area is 125 Å². The van der Waals surface area contributed by atoms with Crippen molar-refractivity contribution in [1.82, 2.24) is 10.2 Å². The van der Waals surface area contributed by atoms with E-state index in [0.717, 1.165) is 31.7 Å². The highest BCUT2D eigenvalue weighted by Crippen LogP contribution is 2.38. The second kappa shape index (κ2) is 6.56. The van der Waals surface area contributed by atoms with Gasteiger partial charge in [0.15, 0.2) is 0 Å². The van der Waals surface area contributed by atoms with Crippen LogP contribution in [0.1, 0.15) is 35.8 Å². The molecule has 1 aliphatic heterocycles. The van der Waals surface area contributed by atoms with Crippen molar-refractivity contribution in [2.24, 2.45) is 5.41 Å². The lowest BCUT2D eigenvalue weighted by atomic mass is 9.79. The molecule has 3 N–H and O–H groups in total. The number of piperazine rings is 1. The number of carbonyl (C=O) groups is 1. The molecule has 0 radical (unpaired) electrons. The summed E-state index contributed by atoms with van der Waals surface area (Å²) in [4.78, 5) is 13.3. The number of hydrogen-bond donors (Lipinski definition) is 3. The Balaban J connectivity index is 2.32. The van der Waals surface area contributed by atoms with Crippen molar-refractivity contribution >= 4 is 5.97 Å². The maximum atomic E-state index is 11.0. The zero-order chi connectivity index (χ0) is 15.5. The molecule has 2 rings (SSSR count). The van der Waals surface area contributed by atoms with Crippen LogP contribution in [-0.2, 0) is 0 Å². The Bertz CT molecular complexity index is 479. The van der Waals surface area contributed by atoms with Gasteiger partial charge in [-0.15, -0.1) is 0 Å². The Morgan fingerprint density at radius 3 is 2.33 bits per heavy atom. The van der Waals surface area contributed by atoms with Gasteiger partial charge in [0.2, 0.25) is 0 Å². The van der Waals surface area contributed by atoms with Crippen molar-refractivity contribution in [2.45, 2.75) is 19.9 Å². The van der Waals surface area contributed by atoms with Crippen molar-refractivity contribution in [1.29, 1.82) is 0 Å². The Hall–Kier alpha value is -1.43. The molecule has 0 saturated carbocycles. The molecule has 0 spiro atoms. The second-order valence-corrected chi connectivity index (χ2v) is 6.26. The number of carboxylic acids is 1. The van der Waals surface area contributed by atoms with Crippen molar-refractivity contribution < 1.29 is 15.0 Å². The van der Waals surface area contributed by atoms with Gasteiger partial charge in [0, 0.05) is 44.2 Å². The SMILES string of the molecule is CC(C)(CO)[C@@H](c1ccc(C(=O)O)cc1)N1CCNCC1. The van der Waals surface area contributed by atoms with Gasteiger partial charge in [0.25, 0.3) is 0 Å². The van der Waals surface area contributed by atoms with Gasteiger partial charge in [-0.25, -0.2) is 4.79 Å². The fourth-order valence-corrected chi connectivity index (χ4v) is 2.99. The van der Waals surface area contributed by atoms with Crippen LogP contribution in [-0.4, -0.2) is 53.9 Å². The van der Waals surface area contributed by atoms with Gasteiger partial charge in [-0.3, -0.25) is 4.90 Å². The zero-order valence-electron chi connectivity index (χ0n) is 12.7. The van der Waals surface area contributed by atoms with E-state index in [-0.39, 0.29) is 18.1 Å². The molecular formula is C16H24N2O3. The van der Waals surface area contributed by atoms with Gasteiger partial charge in [-0.2, -0.15) is 0 Å². The molecule has 1 fully saturated rings. The zero-order valence-corrected chi connectivity index (χ0v) is 12.7. The van der Waals surface area contributed by atoms with E-state index < -0.39 is 5.97 Å². The number of aromatic carboxylic acids is 1. The summed E-state index contributed by atoms with van der Waals surface area (Å²) in [5, 5.41) is 22.1. The first-order valence-electron chi connectivity index (χ1n) is 7.34. The van der Waals surface area contributed by atoms with Gasteiger partial charge in [0.1, 0.15) is 0 Å². The monoisotopic (exact) mass is 292 g/mol. The summed E-state index contributed by atoms with van der Waals surface area (Å²) in [6, 6.07) is 7.09. The second-order valence-electron chi connectivity index (χ2n) is 6.26. The van der Waals surface area contributed by atoms with Crippen LogP contribution >= 0.6 is 0 Å². The van der Waals surface area contributed by atoms with Crippen LogP contribution in [0.3, 0.4) is 0 Å². The number of aliphatic hydroxyl groups is 1. The van der Waals surface area contributed by atoms with Crippen LogP contribution in [0, 0.1) is 5.41 Å². The molecule has 0 unspecified atom stereocenters. The van der Waals surface area contributed by atoms with Crippen LogP contribution in [0.15, 0.2) is 24.3 Å². The van der Waals surface area contributed by atoms with Gasteiger partial charge in [-0.1, -0.05) is 26.0 Å². The smallest absolute Gasteiger partial charge is 0.335 e. The quantitative estimate of drug-likeness (QED) is 0.764. The number of aliphatic hydroxyl groups excluding tert-OH is 1. The maximum absolute atomic E-state index is 11.0. The first kappa shape index (κ1) is 15.9. The normalized spacial score (nSPS) is 18.4. The van der Waals surface area contributed by atoms with E-state index in [1.54, 1.807) is 12.1 Å². The predicted molar refractivity (Wildman–Crippen MR) is 81.5 cm³/mol. The van der Waals surface area contributed by atoms with E-state index in [9.17, 15) is 9.90 Å². The van der Waals surface area contributed by atoms with Crippen LogP contribution in [0.2, 0.25) is 0 Å². The third kappa shape index (κ3) is 3.61. The van der Waals surface area contributed by atoms with Gasteiger partial charge >= 0.3 is 5.97 Å². The van der Waals surface area contributed by atoms with Gasteiger partial charge < -0.3 is 15.5 Å². The van der Waals surface area contributed by atoms with Crippen molar-refractivity contribution in [2.75, 3.05) is 32.8 Å². The number of nitrogens with zero attached hydrogens (tertiary/aromatic N) is 1. The molecule has 5 nitrogen and oxygen atoms in total. The molecule has 1 aromatic rings. The molecule has 5 heteroatoms. The molecule has 21 heavy (non-hydrogen) atoms. The largest absolute Gasteiger partial charge is 0.478 e. The lowest BCUT2D eigenvalue weighted by Gasteiger charge is -2.43. The maximum Gasteiger partial charge on any atom is 0.335 e. The first-order chi connectivity index (χ1) is 9.95. The minimum absolute atomic E-state index is 0.0763. The summed E-state index contributed by atoms with van der Waals surface area (Å²) in [6.45, 7) is 7.90. The van der Waals surface area contributed by atoms with Crippen LogP contribution in [0.5, 0.6) is 0 Å². The molecule has 0 bridgehead atoms. The summed E-state index contributed by atoms with van der Waals surface area (Å²) in [7, 11) is 0. The lowest BCUT2D eigenvalue weighted by molar-refractivity contribution is 0.0305. The average molecular weight is 292 g/mol. The summed E-state index contributed by atoms with van der Waals surface area (Å²) in [5.41, 5.74) is 1.06. The van der Waals surface area contributed by atoms with E-state index in [1.165, 1.54) is 0 Å². The van der Waals surface area contributed by atoms with Crippen molar-refractivity contribution in [3.63, 3.8) is 0 Å². The van der Waals surface area contributed by atoms with Crippen molar-refractivity contribution in [3.05, 3.63) is 35.4 Å². The summed E-state index contributed by atoms with van der Waals surface area (Å²) in [6.07, 6.45) is 0. The Morgan fingerprint density at radius 2 is 1.86 bits per heavy atom. The molecule has 1 heterocycles. The third-order valence-corrected chi connectivity index (χ3v) is 4.14. The molecule has 1 atom stereocenters. The average Bonchev–Trinajstić information content (AvgIpc) is 2.49. The third-order valence-electron chi connectivity index (χ3n) is 4.14. The molecule has 1 aromatic carbocycles. The number of rotatable bonds is 5. The highest BCUT2D eigenvalue weighted by molar-refractivity contribution is 5.87. The molecule has 0 amide bonds. The molecule has 1 saturated heterocycles. The van der Waals surface area contributed by atoms with Crippen LogP contribution in [0.25, 0.3) is 0 Å².